The lowest BCUT2D eigenvalue weighted by atomic mass is 9.88. The number of rotatable bonds is 4. The summed E-state index contributed by atoms with van der Waals surface area (Å²) in [4.78, 5) is 28.9. The topological polar surface area (TPSA) is 96.9 Å². The van der Waals surface area contributed by atoms with Crippen molar-refractivity contribution in [2.45, 2.75) is 64.2 Å². The molecule has 130 valence electrons. The lowest BCUT2D eigenvalue weighted by Gasteiger charge is -2.22. The van der Waals surface area contributed by atoms with E-state index in [0.29, 0.717) is 5.82 Å². The Balaban J connectivity index is 1.63. The third kappa shape index (κ3) is 4.27. The van der Waals surface area contributed by atoms with E-state index < -0.39 is 0 Å². The molecule has 0 bridgehead atoms. The SMILES string of the molecule is O=C(Nc1ncnnc1NC(=O)C1CCCCC1)C1CCCCC1. The molecule has 2 N–H and O–H groups in total. The Hall–Kier alpha value is -2.05. The molecule has 24 heavy (non-hydrogen) atoms. The van der Waals surface area contributed by atoms with E-state index in [-0.39, 0.29) is 29.5 Å². The summed E-state index contributed by atoms with van der Waals surface area (Å²) in [7, 11) is 0. The van der Waals surface area contributed by atoms with Gasteiger partial charge in [0.15, 0.2) is 11.6 Å². The quantitative estimate of drug-likeness (QED) is 0.884. The van der Waals surface area contributed by atoms with Crippen molar-refractivity contribution >= 4 is 23.5 Å². The summed E-state index contributed by atoms with van der Waals surface area (Å²) in [6, 6.07) is 0. The predicted octanol–water partition coefficient (Wildman–Crippen LogP) is 2.91. The molecule has 0 radical (unpaired) electrons. The van der Waals surface area contributed by atoms with Crippen LogP contribution in [0.3, 0.4) is 0 Å². The monoisotopic (exact) mass is 331 g/mol. The molecule has 2 amide bonds. The third-order valence-corrected chi connectivity index (χ3v) is 5.06. The maximum absolute atomic E-state index is 12.4. The fraction of sp³-hybridized carbons (Fsp3) is 0.706. The van der Waals surface area contributed by atoms with Crippen LogP contribution in [-0.4, -0.2) is 27.0 Å². The Bertz CT molecular complexity index is 529. The molecule has 3 rings (SSSR count). The van der Waals surface area contributed by atoms with Crippen LogP contribution in [0.2, 0.25) is 0 Å². The second kappa shape index (κ2) is 8.17. The molecule has 0 saturated heterocycles. The number of nitrogens with zero attached hydrogens (tertiary/aromatic N) is 3. The van der Waals surface area contributed by atoms with Crippen molar-refractivity contribution in [3.05, 3.63) is 6.33 Å². The normalized spacial score (nSPS) is 19.7. The predicted molar refractivity (Wildman–Crippen MR) is 90.2 cm³/mol. The molecule has 7 heteroatoms. The van der Waals surface area contributed by atoms with Crippen molar-refractivity contribution < 1.29 is 9.59 Å². The average molecular weight is 331 g/mol. The van der Waals surface area contributed by atoms with E-state index in [1.165, 1.54) is 19.2 Å². The van der Waals surface area contributed by atoms with Crippen molar-refractivity contribution in [3.8, 4) is 0 Å². The Morgan fingerprint density at radius 3 is 1.83 bits per heavy atom. The summed E-state index contributed by atoms with van der Waals surface area (Å²) in [5, 5.41) is 13.3. The minimum absolute atomic E-state index is 0.0163. The van der Waals surface area contributed by atoms with Crippen LogP contribution in [0.4, 0.5) is 11.6 Å². The number of hydrogen-bond donors (Lipinski definition) is 2. The van der Waals surface area contributed by atoms with E-state index in [1.807, 2.05) is 0 Å². The Morgan fingerprint density at radius 2 is 1.29 bits per heavy atom. The molecule has 1 aromatic heterocycles. The molecular weight excluding hydrogens is 306 g/mol. The van der Waals surface area contributed by atoms with E-state index >= 15 is 0 Å². The fourth-order valence-corrected chi connectivity index (χ4v) is 3.62. The minimum atomic E-state index is -0.0508. The van der Waals surface area contributed by atoms with Gasteiger partial charge in [-0.25, -0.2) is 4.98 Å². The van der Waals surface area contributed by atoms with Gasteiger partial charge in [-0.3, -0.25) is 9.59 Å². The summed E-state index contributed by atoms with van der Waals surface area (Å²) < 4.78 is 0. The van der Waals surface area contributed by atoms with E-state index in [1.54, 1.807) is 0 Å². The molecule has 0 aromatic carbocycles. The maximum Gasteiger partial charge on any atom is 0.228 e. The van der Waals surface area contributed by atoms with Gasteiger partial charge in [0.05, 0.1) is 0 Å². The van der Waals surface area contributed by atoms with E-state index in [4.69, 9.17) is 0 Å². The summed E-state index contributed by atoms with van der Waals surface area (Å²) in [5.74, 6) is 0.494. The zero-order chi connectivity index (χ0) is 16.8. The van der Waals surface area contributed by atoms with E-state index in [2.05, 4.69) is 25.8 Å². The van der Waals surface area contributed by atoms with E-state index in [0.717, 1.165) is 51.4 Å². The van der Waals surface area contributed by atoms with Crippen LogP contribution in [0, 0.1) is 11.8 Å². The number of nitrogens with one attached hydrogen (secondary N) is 2. The first-order valence-corrected chi connectivity index (χ1v) is 9.03. The van der Waals surface area contributed by atoms with Crippen LogP contribution in [0.25, 0.3) is 0 Å². The number of anilines is 2. The van der Waals surface area contributed by atoms with Gasteiger partial charge in [0, 0.05) is 11.8 Å². The van der Waals surface area contributed by atoms with Gasteiger partial charge >= 0.3 is 0 Å². The molecule has 7 nitrogen and oxygen atoms in total. The molecule has 2 fully saturated rings. The Labute approximate surface area is 142 Å². The standard InChI is InChI=1S/C17H25N5O2/c23-16(12-7-3-1-4-8-12)20-14-15(22-19-11-18-14)21-17(24)13-9-5-2-6-10-13/h11-13H,1-10H2,(H,21,22,24)(H,18,19,20,23). The Morgan fingerprint density at radius 1 is 0.792 bits per heavy atom. The average Bonchev–Trinajstić information content (AvgIpc) is 2.64. The van der Waals surface area contributed by atoms with Crippen molar-refractivity contribution in [1.82, 2.24) is 15.2 Å². The number of hydrogen-bond acceptors (Lipinski definition) is 5. The number of amides is 2. The first-order chi connectivity index (χ1) is 11.7. The van der Waals surface area contributed by atoms with Crippen LogP contribution < -0.4 is 10.6 Å². The molecule has 1 aromatic rings. The van der Waals surface area contributed by atoms with Gasteiger partial charge in [-0.15, -0.1) is 10.2 Å². The highest BCUT2D eigenvalue weighted by molar-refractivity contribution is 5.98. The largest absolute Gasteiger partial charge is 0.307 e. The van der Waals surface area contributed by atoms with Crippen LogP contribution >= 0.6 is 0 Å². The maximum atomic E-state index is 12.4. The lowest BCUT2D eigenvalue weighted by molar-refractivity contribution is -0.121. The van der Waals surface area contributed by atoms with Crippen LogP contribution in [0.1, 0.15) is 64.2 Å². The highest BCUT2D eigenvalue weighted by Gasteiger charge is 2.25. The molecule has 1 heterocycles. The van der Waals surface area contributed by atoms with Gasteiger partial charge in [-0.05, 0) is 25.7 Å². The number of aromatic nitrogens is 3. The molecule has 0 atom stereocenters. The zero-order valence-electron chi connectivity index (χ0n) is 14.0. The Kier molecular flexibility index (Phi) is 5.72. The lowest BCUT2D eigenvalue weighted by Crippen LogP contribution is -2.28. The first kappa shape index (κ1) is 16.8. The summed E-state index contributed by atoms with van der Waals surface area (Å²) in [6.07, 6.45) is 11.7. The van der Waals surface area contributed by atoms with Gasteiger partial charge < -0.3 is 10.6 Å². The summed E-state index contributed by atoms with van der Waals surface area (Å²) >= 11 is 0. The van der Waals surface area contributed by atoms with Gasteiger partial charge in [0.2, 0.25) is 11.8 Å². The van der Waals surface area contributed by atoms with Gasteiger partial charge in [-0.2, -0.15) is 0 Å². The van der Waals surface area contributed by atoms with Crippen LogP contribution in [-0.2, 0) is 9.59 Å². The van der Waals surface area contributed by atoms with Crippen molar-refractivity contribution in [1.29, 1.82) is 0 Å². The number of carbonyl (C=O) groups is 2. The highest BCUT2D eigenvalue weighted by atomic mass is 16.2. The molecule has 0 aliphatic heterocycles. The molecule has 0 spiro atoms. The van der Waals surface area contributed by atoms with Gasteiger partial charge in [-0.1, -0.05) is 38.5 Å². The van der Waals surface area contributed by atoms with Gasteiger partial charge in [0.25, 0.3) is 0 Å². The summed E-state index contributed by atoms with van der Waals surface area (Å²) in [5.41, 5.74) is 0. The number of carbonyl (C=O) groups excluding carboxylic acids is 2. The second-order valence-electron chi connectivity index (χ2n) is 6.81. The van der Waals surface area contributed by atoms with Crippen LogP contribution in [0.5, 0.6) is 0 Å². The third-order valence-electron chi connectivity index (χ3n) is 5.06. The fourth-order valence-electron chi connectivity index (χ4n) is 3.62. The molecule has 2 saturated carbocycles. The molecule has 2 aliphatic rings. The van der Waals surface area contributed by atoms with E-state index in [9.17, 15) is 9.59 Å². The van der Waals surface area contributed by atoms with Crippen molar-refractivity contribution in [2.75, 3.05) is 10.6 Å². The highest BCUT2D eigenvalue weighted by Crippen LogP contribution is 2.27. The molecule has 2 aliphatic carbocycles. The van der Waals surface area contributed by atoms with Crippen LogP contribution in [0.15, 0.2) is 6.33 Å². The zero-order valence-corrected chi connectivity index (χ0v) is 14.0. The first-order valence-electron chi connectivity index (χ1n) is 9.03. The minimum Gasteiger partial charge on any atom is -0.307 e. The van der Waals surface area contributed by atoms with Crippen molar-refractivity contribution in [3.63, 3.8) is 0 Å². The smallest absolute Gasteiger partial charge is 0.228 e. The summed E-state index contributed by atoms with van der Waals surface area (Å²) in [6.45, 7) is 0. The van der Waals surface area contributed by atoms with Gasteiger partial charge in [0.1, 0.15) is 6.33 Å². The van der Waals surface area contributed by atoms with Crippen molar-refractivity contribution in [2.24, 2.45) is 11.8 Å². The molecular formula is C17H25N5O2. The molecule has 0 unspecified atom stereocenters. The second-order valence-corrected chi connectivity index (χ2v) is 6.81.